The van der Waals surface area contributed by atoms with Gasteiger partial charge in [-0.25, -0.2) is 0 Å². The predicted octanol–water partition coefficient (Wildman–Crippen LogP) is 1.63. The van der Waals surface area contributed by atoms with Crippen molar-refractivity contribution in [2.75, 3.05) is 26.8 Å². The zero-order valence-electron chi connectivity index (χ0n) is 9.95. The molecule has 1 rings (SSSR count). The summed E-state index contributed by atoms with van der Waals surface area (Å²) in [6.07, 6.45) is 2.56. The lowest BCUT2D eigenvalue weighted by Gasteiger charge is -2.38. The Hall–Kier alpha value is -0.350. The van der Waals surface area contributed by atoms with Crippen LogP contribution in [-0.4, -0.2) is 42.9 Å². The SMILES string of the molecule is COCCNC(=S)N1CC(C)CCC1C. The van der Waals surface area contributed by atoms with Gasteiger partial charge >= 0.3 is 0 Å². The lowest BCUT2D eigenvalue weighted by atomic mass is 9.95. The molecule has 0 aromatic rings. The lowest BCUT2D eigenvalue weighted by molar-refractivity contribution is 0.191. The first-order valence-electron chi connectivity index (χ1n) is 5.68. The minimum absolute atomic E-state index is 0.573. The van der Waals surface area contributed by atoms with Gasteiger partial charge in [-0.2, -0.15) is 0 Å². The fourth-order valence-electron chi connectivity index (χ4n) is 1.93. The maximum Gasteiger partial charge on any atom is 0.169 e. The summed E-state index contributed by atoms with van der Waals surface area (Å²) < 4.78 is 4.99. The van der Waals surface area contributed by atoms with Crippen molar-refractivity contribution in [2.45, 2.75) is 32.7 Å². The highest BCUT2D eigenvalue weighted by atomic mass is 32.1. The summed E-state index contributed by atoms with van der Waals surface area (Å²) in [4.78, 5) is 2.30. The van der Waals surface area contributed by atoms with E-state index in [-0.39, 0.29) is 0 Å². The number of hydrogen-bond donors (Lipinski definition) is 1. The van der Waals surface area contributed by atoms with Crippen molar-refractivity contribution in [1.82, 2.24) is 10.2 Å². The Balaban J connectivity index is 2.35. The summed E-state index contributed by atoms with van der Waals surface area (Å²) in [6, 6.07) is 0.573. The van der Waals surface area contributed by atoms with Gasteiger partial charge in [0.1, 0.15) is 0 Å². The van der Waals surface area contributed by atoms with E-state index in [0.717, 1.165) is 24.1 Å². The fourth-order valence-corrected chi connectivity index (χ4v) is 2.29. The predicted molar refractivity (Wildman–Crippen MR) is 67.0 cm³/mol. The summed E-state index contributed by atoms with van der Waals surface area (Å²) in [5.41, 5.74) is 0. The van der Waals surface area contributed by atoms with Gasteiger partial charge in [-0.15, -0.1) is 0 Å². The zero-order chi connectivity index (χ0) is 11.3. The van der Waals surface area contributed by atoms with Crippen LogP contribution in [0.2, 0.25) is 0 Å². The van der Waals surface area contributed by atoms with Gasteiger partial charge in [-0.3, -0.25) is 0 Å². The van der Waals surface area contributed by atoms with Crippen molar-refractivity contribution >= 4 is 17.3 Å². The fraction of sp³-hybridized carbons (Fsp3) is 0.909. The number of thiocarbonyl (C=S) groups is 1. The van der Waals surface area contributed by atoms with Crippen LogP contribution < -0.4 is 5.32 Å². The quantitative estimate of drug-likeness (QED) is 0.588. The molecule has 1 fully saturated rings. The molecule has 88 valence electrons. The molecule has 3 nitrogen and oxygen atoms in total. The van der Waals surface area contributed by atoms with Gasteiger partial charge in [-0.1, -0.05) is 6.92 Å². The van der Waals surface area contributed by atoms with E-state index in [1.165, 1.54) is 12.8 Å². The summed E-state index contributed by atoms with van der Waals surface area (Å²) >= 11 is 5.38. The van der Waals surface area contributed by atoms with Crippen molar-refractivity contribution in [1.29, 1.82) is 0 Å². The van der Waals surface area contributed by atoms with E-state index in [9.17, 15) is 0 Å². The molecule has 0 amide bonds. The number of hydrogen-bond acceptors (Lipinski definition) is 2. The molecule has 0 bridgehead atoms. The molecule has 1 aliphatic rings. The van der Waals surface area contributed by atoms with Crippen LogP contribution in [0.25, 0.3) is 0 Å². The van der Waals surface area contributed by atoms with Crippen LogP contribution in [-0.2, 0) is 4.74 Å². The highest BCUT2D eigenvalue weighted by molar-refractivity contribution is 7.80. The number of likely N-dealkylation sites (tertiary alicyclic amines) is 1. The van der Waals surface area contributed by atoms with E-state index in [0.29, 0.717) is 12.6 Å². The van der Waals surface area contributed by atoms with Gasteiger partial charge in [0.15, 0.2) is 5.11 Å². The minimum Gasteiger partial charge on any atom is -0.383 e. The molecule has 1 N–H and O–H groups in total. The Labute approximate surface area is 98.2 Å². The van der Waals surface area contributed by atoms with Crippen LogP contribution in [0.15, 0.2) is 0 Å². The van der Waals surface area contributed by atoms with Gasteiger partial charge in [0.25, 0.3) is 0 Å². The van der Waals surface area contributed by atoms with Gasteiger partial charge in [-0.05, 0) is 37.9 Å². The summed E-state index contributed by atoms with van der Waals surface area (Å²) in [7, 11) is 1.70. The normalized spacial score (nSPS) is 26.5. The van der Waals surface area contributed by atoms with E-state index < -0.39 is 0 Å². The molecule has 1 saturated heterocycles. The first kappa shape index (κ1) is 12.7. The highest BCUT2D eigenvalue weighted by Crippen LogP contribution is 2.21. The van der Waals surface area contributed by atoms with E-state index in [4.69, 9.17) is 17.0 Å². The van der Waals surface area contributed by atoms with Crippen LogP contribution >= 0.6 is 12.2 Å². The first-order chi connectivity index (χ1) is 7.15. The second-order valence-electron chi connectivity index (χ2n) is 4.41. The molecule has 1 heterocycles. The average molecular weight is 230 g/mol. The molecule has 2 atom stereocenters. The van der Waals surface area contributed by atoms with Crippen LogP contribution in [0, 0.1) is 5.92 Å². The molecule has 4 heteroatoms. The first-order valence-corrected chi connectivity index (χ1v) is 6.09. The van der Waals surface area contributed by atoms with Gasteiger partial charge in [0, 0.05) is 26.2 Å². The monoisotopic (exact) mass is 230 g/mol. The molecule has 0 spiro atoms. The van der Waals surface area contributed by atoms with Crippen molar-refractivity contribution < 1.29 is 4.74 Å². The summed E-state index contributed by atoms with van der Waals surface area (Å²) in [5, 5.41) is 4.12. The minimum atomic E-state index is 0.573. The zero-order valence-corrected chi connectivity index (χ0v) is 10.8. The largest absolute Gasteiger partial charge is 0.383 e. The Kier molecular flexibility index (Phi) is 5.32. The summed E-state index contributed by atoms with van der Waals surface area (Å²) in [6.45, 7) is 7.12. The second kappa shape index (κ2) is 6.28. The number of piperidine rings is 1. The molecule has 0 aromatic carbocycles. The third kappa shape index (κ3) is 3.95. The van der Waals surface area contributed by atoms with E-state index in [1.54, 1.807) is 7.11 Å². The number of ether oxygens (including phenoxy) is 1. The Morgan fingerprint density at radius 2 is 2.20 bits per heavy atom. The summed E-state index contributed by atoms with van der Waals surface area (Å²) in [5.74, 6) is 0.753. The third-order valence-electron chi connectivity index (χ3n) is 2.96. The third-order valence-corrected chi connectivity index (χ3v) is 3.34. The molecule has 15 heavy (non-hydrogen) atoms. The van der Waals surface area contributed by atoms with E-state index in [2.05, 4.69) is 24.1 Å². The number of nitrogens with one attached hydrogen (secondary N) is 1. The number of nitrogens with zero attached hydrogens (tertiary/aromatic N) is 1. The Bertz CT molecular complexity index is 211. The van der Waals surface area contributed by atoms with E-state index >= 15 is 0 Å². The maximum absolute atomic E-state index is 5.38. The van der Waals surface area contributed by atoms with Crippen molar-refractivity contribution in [3.05, 3.63) is 0 Å². The van der Waals surface area contributed by atoms with Crippen molar-refractivity contribution in [3.63, 3.8) is 0 Å². The van der Waals surface area contributed by atoms with Gasteiger partial charge in [0.05, 0.1) is 6.61 Å². The topological polar surface area (TPSA) is 24.5 Å². The molecule has 1 aliphatic heterocycles. The second-order valence-corrected chi connectivity index (χ2v) is 4.80. The van der Waals surface area contributed by atoms with Crippen molar-refractivity contribution in [2.24, 2.45) is 5.92 Å². The molecule has 0 aliphatic carbocycles. The molecular weight excluding hydrogens is 208 g/mol. The molecule has 0 aromatic heterocycles. The van der Waals surface area contributed by atoms with Crippen LogP contribution in [0.5, 0.6) is 0 Å². The maximum atomic E-state index is 5.38. The van der Waals surface area contributed by atoms with Crippen LogP contribution in [0.1, 0.15) is 26.7 Å². The van der Waals surface area contributed by atoms with Crippen LogP contribution in [0.3, 0.4) is 0 Å². The van der Waals surface area contributed by atoms with Crippen LogP contribution in [0.4, 0.5) is 0 Å². The smallest absolute Gasteiger partial charge is 0.169 e. The van der Waals surface area contributed by atoms with E-state index in [1.807, 2.05) is 0 Å². The lowest BCUT2D eigenvalue weighted by Crippen LogP contribution is -2.49. The average Bonchev–Trinajstić information content (AvgIpc) is 2.22. The molecule has 0 saturated carbocycles. The van der Waals surface area contributed by atoms with Gasteiger partial charge < -0.3 is 15.0 Å². The molecule has 0 radical (unpaired) electrons. The highest BCUT2D eigenvalue weighted by Gasteiger charge is 2.24. The number of methoxy groups -OCH3 is 1. The number of rotatable bonds is 3. The molecular formula is C11H22N2OS. The standard InChI is InChI=1S/C11H22N2OS/c1-9-4-5-10(2)13(8-9)11(15)12-6-7-14-3/h9-10H,4-8H2,1-3H3,(H,12,15). The van der Waals surface area contributed by atoms with Gasteiger partial charge in [0.2, 0.25) is 0 Å². The van der Waals surface area contributed by atoms with Crippen molar-refractivity contribution in [3.8, 4) is 0 Å². The Morgan fingerprint density at radius 3 is 2.87 bits per heavy atom. The molecule has 2 unspecified atom stereocenters. The Morgan fingerprint density at radius 1 is 1.47 bits per heavy atom.